The molecule has 1 aliphatic rings. The number of rotatable bonds is 2. The van der Waals surface area contributed by atoms with Gasteiger partial charge in [0.2, 0.25) is 5.78 Å². The van der Waals surface area contributed by atoms with Crippen molar-refractivity contribution >= 4 is 17.1 Å². The number of fused-ring (bicyclic) bond motifs is 1. The van der Waals surface area contributed by atoms with Crippen molar-refractivity contribution in [3.05, 3.63) is 15.6 Å². The molecule has 0 bridgehead atoms. The molecule has 0 unspecified atom stereocenters. The zero-order valence-electron chi connectivity index (χ0n) is 7.38. The van der Waals surface area contributed by atoms with Gasteiger partial charge in [-0.15, -0.1) is 11.3 Å². The molecule has 0 atom stereocenters. The number of carbonyl (C=O) groups excluding carboxylic acids is 1. The van der Waals surface area contributed by atoms with E-state index in [0.717, 1.165) is 18.5 Å². The molecule has 70 valence electrons. The Kier molecular flexibility index (Phi) is 2.42. The summed E-state index contributed by atoms with van der Waals surface area (Å²) in [6.45, 7) is 0.0758. The van der Waals surface area contributed by atoms with Crippen molar-refractivity contribution in [2.24, 2.45) is 5.73 Å². The first-order chi connectivity index (χ1) is 6.31. The van der Waals surface area contributed by atoms with E-state index in [1.165, 1.54) is 29.1 Å². The number of hydrogen-bond acceptors (Lipinski definition) is 4. The minimum absolute atomic E-state index is 0.0283. The lowest BCUT2D eigenvalue weighted by Gasteiger charge is -2.06. The zero-order chi connectivity index (χ0) is 9.26. The average molecular weight is 196 g/mol. The molecule has 1 aromatic heterocycles. The largest absolute Gasteiger partial charge is 0.324 e. The molecular weight excluding hydrogens is 184 g/mol. The number of Topliss-reactive ketones (excluding diaryl/α,β-unsaturated/α-hetero) is 1. The van der Waals surface area contributed by atoms with Gasteiger partial charge in [-0.2, -0.15) is 0 Å². The van der Waals surface area contributed by atoms with Crippen LogP contribution in [-0.4, -0.2) is 17.3 Å². The fourth-order valence-electron chi connectivity index (χ4n) is 1.56. The molecule has 0 aromatic carbocycles. The zero-order valence-corrected chi connectivity index (χ0v) is 8.19. The summed E-state index contributed by atoms with van der Waals surface area (Å²) < 4.78 is 0. The van der Waals surface area contributed by atoms with Crippen LogP contribution >= 0.6 is 11.3 Å². The SMILES string of the molecule is NCC(=O)c1nc2c(s1)CCCC2. The predicted octanol–water partition coefficient (Wildman–Crippen LogP) is 1.16. The molecule has 0 radical (unpaired) electrons. The third-order valence-corrected chi connectivity index (χ3v) is 3.47. The molecule has 2 N–H and O–H groups in total. The van der Waals surface area contributed by atoms with Crippen LogP contribution in [0.3, 0.4) is 0 Å². The van der Waals surface area contributed by atoms with Crippen molar-refractivity contribution in [3.63, 3.8) is 0 Å². The summed E-state index contributed by atoms with van der Waals surface area (Å²) in [6.07, 6.45) is 4.55. The number of carbonyl (C=O) groups is 1. The summed E-state index contributed by atoms with van der Waals surface area (Å²) in [6, 6.07) is 0. The number of hydrogen-bond donors (Lipinski definition) is 1. The molecular formula is C9H12N2OS. The Morgan fingerprint density at radius 3 is 2.92 bits per heavy atom. The van der Waals surface area contributed by atoms with Crippen LogP contribution in [0.5, 0.6) is 0 Å². The quantitative estimate of drug-likeness (QED) is 0.722. The highest BCUT2D eigenvalue weighted by molar-refractivity contribution is 7.13. The molecule has 0 fully saturated rings. The first kappa shape index (κ1) is 8.84. The van der Waals surface area contributed by atoms with Crippen LogP contribution in [0.15, 0.2) is 0 Å². The molecule has 0 amide bonds. The van der Waals surface area contributed by atoms with Gasteiger partial charge in [-0.05, 0) is 25.7 Å². The second-order valence-corrected chi connectivity index (χ2v) is 4.31. The number of thiazole rings is 1. The molecule has 1 heterocycles. The summed E-state index contributed by atoms with van der Waals surface area (Å²) >= 11 is 1.53. The Labute approximate surface area is 81.0 Å². The molecule has 0 spiro atoms. The van der Waals surface area contributed by atoms with E-state index in [1.807, 2.05) is 0 Å². The van der Waals surface area contributed by atoms with E-state index in [1.54, 1.807) is 0 Å². The van der Waals surface area contributed by atoms with E-state index in [0.29, 0.717) is 5.01 Å². The van der Waals surface area contributed by atoms with Crippen molar-refractivity contribution in [1.82, 2.24) is 4.98 Å². The Morgan fingerprint density at radius 2 is 2.23 bits per heavy atom. The summed E-state index contributed by atoms with van der Waals surface area (Å²) in [4.78, 5) is 16.9. The molecule has 0 saturated heterocycles. The van der Waals surface area contributed by atoms with E-state index >= 15 is 0 Å². The molecule has 3 nitrogen and oxygen atoms in total. The van der Waals surface area contributed by atoms with Crippen molar-refractivity contribution in [2.45, 2.75) is 25.7 Å². The lowest BCUT2D eigenvalue weighted by atomic mass is 10.0. The summed E-state index contributed by atoms with van der Waals surface area (Å²) in [5.74, 6) is -0.0283. The second kappa shape index (κ2) is 3.55. The van der Waals surface area contributed by atoms with Crippen molar-refractivity contribution in [2.75, 3.05) is 6.54 Å². The van der Waals surface area contributed by atoms with Crippen LogP contribution < -0.4 is 5.73 Å². The van der Waals surface area contributed by atoms with Crippen LogP contribution in [0.25, 0.3) is 0 Å². The fourth-order valence-corrected chi connectivity index (χ4v) is 2.66. The van der Waals surface area contributed by atoms with Crippen molar-refractivity contribution < 1.29 is 4.79 Å². The van der Waals surface area contributed by atoms with Gasteiger partial charge in [0.15, 0.2) is 5.01 Å². The smallest absolute Gasteiger partial charge is 0.204 e. The third kappa shape index (κ3) is 1.64. The Balaban J connectivity index is 2.30. The number of aromatic nitrogens is 1. The predicted molar refractivity (Wildman–Crippen MR) is 52.1 cm³/mol. The Morgan fingerprint density at radius 1 is 1.46 bits per heavy atom. The van der Waals surface area contributed by atoms with E-state index in [-0.39, 0.29) is 12.3 Å². The lowest BCUT2D eigenvalue weighted by molar-refractivity contribution is 0.100. The second-order valence-electron chi connectivity index (χ2n) is 3.22. The fraction of sp³-hybridized carbons (Fsp3) is 0.556. The Bertz CT molecular complexity index is 309. The summed E-state index contributed by atoms with van der Waals surface area (Å²) in [5, 5.41) is 0.606. The summed E-state index contributed by atoms with van der Waals surface area (Å²) in [5.41, 5.74) is 6.41. The van der Waals surface area contributed by atoms with Crippen LogP contribution in [0.2, 0.25) is 0 Å². The lowest BCUT2D eigenvalue weighted by Crippen LogP contribution is -2.13. The van der Waals surface area contributed by atoms with Crippen LogP contribution in [0.4, 0.5) is 0 Å². The van der Waals surface area contributed by atoms with Gasteiger partial charge in [-0.3, -0.25) is 4.79 Å². The number of nitrogens with two attached hydrogens (primary N) is 1. The average Bonchev–Trinajstić information content (AvgIpc) is 2.59. The van der Waals surface area contributed by atoms with Gasteiger partial charge in [-0.25, -0.2) is 4.98 Å². The molecule has 4 heteroatoms. The van der Waals surface area contributed by atoms with Gasteiger partial charge in [0.1, 0.15) is 0 Å². The monoisotopic (exact) mass is 196 g/mol. The van der Waals surface area contributed by atoms with Crippen molar-refractivity contribution in [1.29, 1.82) is 0 Å². The number of nitrogens with zero attached hydrogens (tertiary/aromatic N) is 1. The van der Waals surface area contributed by atoms with Gasteiger partial charge in [0.05, 0.1) is 12.2 Å². The molecule has 13 heavy (non-hydrogen) atoms. The van der Waals surface area contributed by atoms with Gasteiger partial charge in [0, 0.05) is 4.88 Å². The topological polar surface area (TPSA) is 56.0 Å². The molecule has 1 aliphatic carbocycles. The highest BCUT2D eigenvalue weighted by Crippen LogP contribution is 2.26. The molecule has 0 saturated carbocycles. The van der Waals surface area contributed by atoms with Gasteiger partial charge < -0.3 is 5.73 Å². The molecule has 1 aromatic rings. The van der Waals surface area contributed by atoms with E-state index < -0.39 is 0 Å². The van der Waals surface area contributed by atoms with Gasteiger partial charge in [0.25, 0.3) is 0 Å². The van der Waals surface area contributed by atoms with E-state index in [2.05, 4.69) is 4.98 Å². The molecule has 2 rings (SSSR count). The standard InChI is InChI=1S/C9H12N2OS/c10-5-7(12)9-11-6-3-1-2-4-8(6)13-9/h1-5,10H2. The minimum atomic E-state index is -0.0283. The van der Waals surface area contributed by atoms with Crippen LogP contribution in [0.1, 0.15) is 33.2 Å². The van der Waals surface area contributed by atoms with Gasteiger partial charge in [-0.1, -0.05) is 0 Å². The van der Waals surface area contributed by atoms with Crippen molar-refractivity contribution in [3.8, 4) is 0 Å². The van der Waals surface area contributed by atoms with Gasteiger partial charge >= 0.3 is 0 Å². The highest BCUT2D eigenvalue weighted by atomic mass is 32.1. The van der Waals surface area contributed by atoms with E-state index in [4.69, 9.17) is 5.73 Å². The number of aryl methyl sites for hydroxylation is 2. The summed E-state index contributed by atoms with van der Waals surface area (Å²) in [7, 11) is 0. The van der Waals surface area contributed by atoms with Crippen LogP contribution in [0, 0.1) is 0 Å². The minimum Gasteiger partial charge on any atom is -0.324 e. The first-order valence-corrected chi connectivity index (χ1v) is 5.34. The maximum absolute atomic E-state index is 11.3. The first-order valence-electron chi connectivity index (χ1n) is 4.53. The third-order valence-electron chi connectivity index (χ3n) is 2.27. The van der Waals surface area contributed by atoms with Crippen LogP contribution in [-0.2, 0) is 12.8 Å². The highest BCUT2D eigenvalue weighted by Gasteiger charge is 2.17. The van der Waals surface area contributed by atoms with E-state index in [9.17, 15) is 4.79 Å². The maximum atomic E-state index is 11.3. The normalized spacial score (nSPS) is 15.5. The molecule has 0 aliphatic heterocycles. The Hall–Kier alpha value is -0.740. The number of ketones is 1. The maximum Gasteiger partial charge on any atom is 0.204 e.